The number of anilines is 1. The van der Waals surface area contributed by atoms with E-state index in [2.05, 4.69) is 4.72 Å². The average molecular weight is 358 g/mol. The van der Waals surface area contributed by atoms with Crippen LogP contribution in [0, 0.1) is 19.7 Å². The molecule has 0 fully saturated rings. The van der Waals surface area contributed by atoms with E-state index in [1.165, 1.54) is 18.2 Å². The Labute approximate surface area is 134 Å². The summed E-state index contributed by atoms with van der Waals surface area (Å²) in [4.78, 5) is -0.479. The summed E-state index contributed by atoms with van der Waals surface area (Å²) in [6.45, 7) is 3.26. The van der Waals surface area contributed by atoms with Gasteiger partial charge < -0.3 is 0 Å². The number of nitrogens with two attached hydrogens (primary N) is 1. The molecule has 0 bridgehead atoms. The van der Waals surface area contributed by atoms with E-state index < -0.39 is 25.9 Å². The summed E-state index contributed by atoms with van der Waals surface area (Å²) in [5, 5.41) is 5.08. The van der Waals surface area contributed by atoms with Gasteiger partial charge in [-0.3, -0.25) is 4.72 Å². The monoisotopic (exact) mass is 358 g/mol. The normalized spacial score (nSPS) is 12.2. The minimum Gasteiger partial charge on any atom is -0.279 e. The van der Waals surface area contributed by atoms with Gasteiger partial charge in [-0.05, 0) is 55.3 Å². The number of rotatable bonds is 4. The number of hydrogen-bond donors (Lipinski definition) is 2. The Morgan fingerprint density at radius 3 is 2.22 bits per heavy atom. The summed E-state index contributed by atoms with van der Waals surface area (Å²) in [5.41, 5.74) is 1.16. The Hall–Kier alpha value is -1.97. The molecule has 0 radical (unpaired) electrons. The lowest BCUT2D eigenvalue weighted by molar-refractivity contribution is 0.594. The van der Waals surface area contributed by atoms with Gasteiger partial charge in [-0.1, -0.05) is 6.07 Å². The molecule has 3 N–H and O–H groups in total. The minimum absolute atomic E-state index is 0.0679. The number of hydrogen-bond acceptors (Lipinski definition) is 4. The van der Waals surface area contributed by atoms with Gasteiger partial charge in [0, 0.05) is 0 Å². The largest absolute Gasteiger partial charge is 0.279 e. The number of nitrogens with one attached hydrogen (secondary N) is 1. The Bertz CT molecular complexity index is 970. The van der Waals surface area contributed by atoms with Crippen molar-refractivity contribution in [1.29, 1.82) is 0 Å². The van der Waals surface area contributed by atoms with Crippen molar-refractivity contribution in [3.63, 3.8) is 0 Å². The maximum absolute atomic E-state index is 13.2. The molecule has 2 rings (SSSR count). The standard InChI is InChI=1S/C14H15FN2O4S2/c1-9-6-13(22(16,18)19)8-14(10(9)2)17-23(20,21)12-5-3-4-11(15)7-12/h3-8,17H,1-2H3,(H2,16,18,19). The van der Waals surface area contributed by atoms with Gasteiger partial charge in [0.25, 0.3) is 10.0 Å². The molecule has 0 heterocycles. The Morgan fingerprint density at radius 1 is 1.00 bits per heavy atom. The van der Waals surface area contributed by atoms with Crippen LogP contribution in [0.3, 0.4) is 0 Å². The fourth-order valence-corrected chi connectivity index (χ4v) is 3.70. The Balaban J connectivity index is 2.53. The van der Waals surface area contributed by atoms with E-state index in [0.29, 0.717) is 11.1 Å². The van der Waals surface area contributed by atoms with Crippen LogP contribution in [-0.2, 0) is 20.0 Å². The zero-order chi connectivity index (χ0) is 17.4. The van der Waals surface area contributed by atoms with Gasteiger partial charge in [0.15, 0.2) is 0 Å². The molecule has 0 unspecified atom stereocenters. The van der Waals surface area contributed by atoms with Crippen LogP contribution in [0.1, 0.15) is 11.1 Å². The first kappa shape index (κ1) is 17.4. The van der Waals surface area contributed by atoms with Crippen molar-refractivity contribution in [1.82, 2.24) is 0 Å². The first-order valence-corrected chi connectivity index (χ1v) is 9.46. The van der Waals surface area contributed by atoms with Crippen LogP contribution in [-0.4, -0.2) is 16.8 Å². The third-order valence-corrected chi connectivity index (χ3v) is 5.58. The van der Waals surface area contributed by atoms with Crippen molar-refractivity contribution in [3.8, 4) is 0 Å². The van der Waals surface area contributed by atoms with E-state index in [1.807, 2.05) is 0 Å². The zero-order valence-corrected chi connectivity index (χ0v) is 14.0. The second-order valence-corrected chi connectivity index (χ2v) is 8.26. The van der Waals surface area contributed by atoms with Gasteiger partial charge in [-0.25, -0.2) is 26.4 Å². The highest BCUT2D eigenvalue weighted by atomic mass is 32.2. The summed E-state index contributed by atoms with van der Waals surface area (Å²) < 4.78 is 63.1. The third-order valence-electron chi connectivity index (χ3n) is 3.32. The number of sulfonamides is 2. The smallest absolute Gasteiger partial charge is 0.262 e. The molecule has 6 nitrogen and oxygen atoms in total. The molecule has 0 aliphatic carbocycles. The minimum atomic E-state index is -4.06. The van der Waals surface area contributed by atoms with Gasteiger partial charge >= 0.3 is 0 Å². The van der Waals surface area contributed by atoms with E-state index in [4.69, 9.17) is 5.14 Å². The molecule has 0 spiro atoms. The average Bonchev–Trinajstić information content (AvgIpc) is 2.42. The number of aryl methyl sites for hydroxylation is 1. The van der Waals surface area contributed by atoms with Crippen molar-refractivity contribution in [2.45, 2.75) is 23.6 Å². The summed E-state index contributed by atoms with van der Waals surface area (Å²) in [5.74, 6) is -0.695. The molecule has 2 aromatic rings. The summed E-state index contributed by atoms with van der Waals surface area (Å²) in [6, 6.07) is 6.98. The molecule has 0 aliphatic heterocycles. The SMILES string of the molecule is Cc1cc(S(N)(=O)=O)cc(NS(=O)(=O)c2cccc(F)c2)c1C. The Morgan fingerprint density at radius 2 is 1.65 bits per heavy atom. The molecule has 0 amide bonds. The number of primary sulfonamides is 1. The van der Waals surface area contributed by atoms with E-state index in [9.17, 15) is 21.2 Å². The second kappa shape index (κ2) is 5.91. The van der Waals surface area contributed by atoms with E-state index in [-0.39, 0.29) is 15.5 Å². The van der Waals surface area contributed by atoms with E-state index >= 15 is 0 Å². The van der Waals surface area contributed by atoms with Crippen molar-refractivity contribution >= 4 is 25.7 Å². The van der Waals surface area contributed by atoms with Crippen molar-refractivity contribution in [3.05, 3.63) is 53.3 Å². The quantitative estimate of drug-likeness (QED) is 0.870. The van der Waals surface area contributed by atoms with Gasteiger partial charge in [0.1, 0.15) is 5.82 Å². The van der Waals surface area contributed by atoms with Crippen LogP contribution < -0.4 is 9.86 Å². The Kier molecular flexibility index (Phi) is 4.47. The summed E-state index contributed by atoms with van der Waals surface area (Å²) in [7, 11) is -8.05. The van der Waals surface area contributed by atoms with Gasteiger partial charge in [0.2, 0.25) is 10.0 Å². The molecule has 0 saturated heterocycles. The van der Waals surface area contributed by atoms with E-state index in [1.54, 1.807) is 13.8 Å². The topological polar surface area (TPSA) is 106 Å². The molecule has 0 saturated carbocycles. The molecule has 9 heteroatoms. The molecule has 0 aliphatic rings. The molecular formula is C14H15FN2O4S2. The molecule has 23 heavy (non-hydrogen) atoms. The first-order chi connectivity index (χ1) is 10.5. The highest BCUT2D eigenvalue weighted by Gasteiger charge is 2.19. The van der Waals surface area contributed by atoms with Crippen LogP contribution >= 0.6 is 0 Å². The molecule has 2 aromatic carbocycles. The van der Waals surface area contributed by atoms with Crippen LogP contribution in [0.4, 0.5) is 10.1 Å². The summed E-state index contributed by atoms with van der Waals surface area (Å²) in [6.07, 6.45) is 0. The fourth-order valence-electron chi connectivity index (χ4n) is 1.93. The lowest BCUT2D eigenvalue weighted by Gasteiger charge is -2.14. The van der Waals surface area contributed by atoms with Gasteiger partial charge in [0.05, 0.1) is 15.5 Å². The predicted molar refractivity (Wildman–Crippen MR) is 84.5 cm³/mol. The highest BCUT2D eigenvalue weighted by molar-refractivity contribution is 7.92. The van der Waals surface area contributed by atoms with Crippen LogP contribution in [0.5, 0.6) is 0 Å². The highest BCUT2D eigenvalue weighted by Crippen LogP contribution is 2.26. The van der Waals surface area contributed by atoms with Gasteiger partial charge in [-0.2, -0.15) is 0 Å². The van der Waals surface area contributed by atoms with Crippen molar-refractivity contribution < 1.29 is 21.2 Å². The molecular weight excluding hydrogens is 343 g/mol. The second-order valence-electron chi connectivity index (χ2n) is 5.02. The summed E-state index contributed by atoms with van der Waals surface area (Å²) >= 11 is 0. The third kappa shape index (κ3) is 3.87. The maximum Gasteiger partial charge on any atom is 0.262 e. The number of halogens is 1. The molecule has 0 aromatic heterocycles. The maximum atomic E-state index is 13.2. The first-order valence-electron chi connectivity index (χ1n) is 6.43. The van der Waals surface area contributed by atoms with Crippen LogP contribution in [0.25, 0.3) is 0 Å². The molecule has 0 atom stereocenters. The lowest BCUT2D eigenvalue weighted by atomic mass is 10.1. The lowest BCUT2D eigenvalue weighted by Crippen LogP contribution is -2.17. The van der Waals surface area contributed by atoms with Crippen molar-refractivity contribution in [2.75, 3.05) is 4.72 Å². The van der Waals surface area contributed by atoms with Crippen LogP contribution in [0.2, 0.25) is 0 Å². The van der Waals surface area contributed by atoms with Crippen LogP contribution in [0.15, 0.2) is 46.2 Å². The zero-order valence-electron chi connectivity index (χ0n) is 12.4. The number of benzene rings is 2. The molecule has 124 valence electrons. The fraction of sp³-hybridized carbons (Fsp3) is 0.143. The van der Waals surface area contributed by atoms with Crippen molar-refractivity contribution in [2.24, 2.45) is 5.14 Å². The predicted octanol–water partition coefficient (Wildman–Crippen LogP) is 1.89. The van der Waals surface area contributed by atoms with E-state index in [0.717, 1.165) is 18.2 Å². The van der Waals surface area contributed by atoms with Gasteiger partial charge in [-0.15, -0.1) is 0 Å².